The van der Waals surface area contributed by atoms with Crippen LogP contribution in [0.25, 0.3) is 10.9 Å². The van der Waals surface area contributed by atoms with Gasteiger partial charge in [0.25, 0.3) is 5.91 Å². The molecular weight excluding hydrogens is 362 g/mol. The lowest BCUT2D eigenvalue weighted by atomic mass is 10.2. The highest BCUT2D eigenvalue weighted by molar-refractivity contribution is 5.92. The van der Waals surface area contributed by atoms with Crippen LogP contribution in [0.15, 0.2) is 34.9 Å². The molecule has 0 bridgehead atoms. The number of nitrogens with zero attached hydrogens (tertiary/aromatic N) is 4. The Balaban J connectivity index is 1.78. The van der Waals surface area contributed by atoms with E-state index in [1.54, 1.807) is 0 Å². The number of hydrogen-bond acceptors (Lipinski definition) is 8. The number of benzene rings is 1. The highest BCUT2D eigenvalue weighted by Crippen LogP contribution is 2.34. The fourth-order valence-corrected chi connectivity index (χ4v) is 2.79. The van der Waals surface area contributed by atoms with E-state index in [4.69, 9.17) is 22.2 Å². The Morgan fingerprint density at radius 2 is 2.00 bits per heavy atom. The van der Waals surface area contributed by atoms with Gasteiger partial charge in [0.15, 0.2) is 20.1 Å². The van der Waals surface area contributed by atoms with Gasteiger partial charge in [0.05, 0.1) is 31.5 Å². The van der Waals surface area contributed by atoms with Crippen molar-refractivity contribution in [2.24, 2.45) is 0 Å². The number of piperazine rings is 1. The molecule has 28 heavy (non-hydrogen) atoms. The molecule has 146 valence electrons. The maximum Gasteiger partial charge on any atom is 0.289 e. The number of nitrogen functional groups attached to an aromatic ring is 1. The average Bonchev–Trinajstić information content (AvgIpc) is 3.30. The molecule has 0 saturated carbocycles. The first kappa shape index (κ1) is 12.1. The molecule has 2 aromatic heterocycles. The van der Waals surface area contributed by atoms with Crippen LogP contribution >= 0.6 is 0 Å². The summed E-state index contributed by atoms with van der Waals surface area (Å²) < 4.78 is 64.9. The third-order valence-electron chi connectivity index (χ3n) is 4.23. The maximum atomic E-state index is 12.8. The number of rotatable bonds is 5. The minimum atomic E-state index is -2.47. The van der Waals surface area contributed by atoms with Gasteiger partial charge in [-0.15, -0.1) is 0 Å². The zero-order valence-electron chi connectivity index (χ0n) is 21.2. The molecule has 1 fully saturated rings. The number of anilines is 2. The SMILES string of the molecule is [2H]N([2H])c1nc(N2CC([2H])([2H])N(C(=O)c3ccco3)C([2H])([2H])C2)nc2cc(OC)c(OC)cc12. The fraction of sp³-hybridized carbons (Fsp3) is 0.316. The van der Waals surface area contributed by atoms with Crippen LogP contribution in [0.3, 0.4) is 0 Å². The minimum Gasteiger partial charge on any atom is -0.493 e. The van der Waals surface area contributed by atoms with Crippen molar-refractivity contribution in [3.05, 3.63) is 36.3 Å². The van der Waals surface area contributed by atoms with Crippen molar-refractivity contribution in [2.75, 3.05) is 50.9 Å². The zero-order chi connectivity index (χ0) is 24.8. The molecule has 3 heterocycles. The van der Waals surface area contributed by atoms with E-state index in [0.717, 1.165) is 0 Å². The van der Waals surface area contributed by atoms with Crippen LogP contribution < -0.4 is 20.1 Å². The summed E-state index contributed by atoms with van der Waals surface area (Å²) in [6.45, 7) is -5.87. The van der Waals surface area contributed by atoms with E-state index in [9.17, 15) is 4.79 Å². The van der Waals surface area contributed by atoms with Gasteiger partial charge in [0.1, 0.15) is 5.82 Å². The molecule has 9 nitrogen and oxygen atoms in total. The molecule has 9 heteroatoms. The van der Waals surface area contributed by atoms with E-state index in [0.29, 0.717) is 21.8 Å². The molecule has 2 N–H and O–H groups in total. The third-order valence-corrected chi connectivity index (χ3v) is 4.23. The van der Waals surface area contributed by atoms with E-state index in [1.807, 2.05) is 0 Å². The van der Waals surface area contributed by atoms with E-state index in [-0.39, 0.29) is 28.8 Å². The van der Waals surface area contributed by atoms with Crippen molar-refractivity contribution in [3.8, 4) is 11.5 Å². The molecule has 0 unspecified atom stereocenters. The van der Waals surface area contributed by atoms with Gasteiger partial charge in [-0.05, 0) is 18.2 Å². The summed E-state index contributed by atoms with van der Waals surface area (Å²) in [5.41, 5.74) is 0.553. The van der Waals surface area contributed by atoms with Crippen LogP contribution in [0.2, 0.25) is 2.82 Å². The van der Waals surface area contributed by atoms with Crippen LogP contribution in [0.5, 0.6) is 11.5 Å². The quantitative estimate of drug-likeness (QED) is 0.704. The van der Waals surface area contributed by atoms with E-state index in [2.05, 4.69) is 9.97 Å². The summed E-state index contributed by atoms with van der Waals surface area (Å²) in [6.07, 6.45) is 1.25. The van der Waals surface area contributed by atoms with Crippen LogP contribution in [-0.4, -0.2) is 61.1 Å². The molecule has 3 aromatic rings. The third kappa shape index (κ3) is 3.15. The Hall–Kier alpha value is -3.49. The second kappa shape index (κ2) is 7.26. The van der Waals surface area contributed by atoms with Crippen molar-refractivity contribution in [1.82, 2.24) is 14.9 Å². The van der Waals surface area contributed by atoms with Gasteiger partial charge in [-0.2, -0.15) is 4.98 Å². The zero-order valence-corrected chi connectivity index (χ0v) is 15.2. The predicted molar refractivity (Wildman–Crippen MR) is 104 cm³/mol. The first-order chi connectivity index (χ1) is 16.0. The summed E-state index contributed by atoms with van der Waals surface area (Å²) in [5.74, 6) is -0.683. The number of carbonyl (C=O) groups excluding carboxylic acids is 1. The standard InChI is InChI=1S/C19H21N5O4/c1-26-15-10-12-13(11-16(15)27-2)21-19(22-17(12)20)24-7-5-23(6-8-24)18(25)14-4-3-9-28-14/h3-4,9-11H,5-8H2,1-2H3,(H2,20,21,22)/i5D2,6D2/hD2. The first-order valence-corrected chi connectivity index (χ1v) is 8.33. The van der Waals surface area contributed by atoms with Crippen molar-refractivity contribution in [1.29, 1.82) is 0 Å². The molecule has 0 radical (unpaired) electrons. The van der Waals surface area contributed by atoms with Crippen LogP contribution in [-0.2, 0) is 0 Å². The van der Waals surface area contributed by atoms with Gasteiger partial charge < -0.3 is 29.4 Å². The number of nitrogens with two attached hydrogens (primary N) is 1. The van der Waals surface area contributed by atoms with Gasteiger partial charge in [-0.3, -0.25) is 4.79 Å². The van der Waals surface area contributed by atoms with Crippen molar-refractivity contribution in [3.63, 3.8) is 0 Å². The molecule has 0 spiro atoms. The van der Waals surface area contributed by atoms with Crippen LogP contribution in [0, 0.1) is 0 Å². The molecule has 1 saturated heterocycles. The molecule has 0 aliphatic carbocycles. The lowest BCUT2D eigenvalue weighted by Gasteiger charge is -2.34. The number of hydrogen-bond donors (Lipinski definition) is 1. The van der Waals surface area contributed by atoms with E-state index < -0.39 is 32.0 Å². The van der Waals surface area contributed by atoms with Crippen molar-refractivity contribution >= 4 is 28.6 Å². The van der Waals surface area contributed by atoms with Gasteiger partial charge in [0.2, 0.25) is 5.95 Å². The smallest absolute Gasteiger partial charge is 0.289 e. The van der Waals surface area contributed by atoms with Gasteiger partial charge in [0, 0.05) is 37.5 Å². The Kier molecular flexibility index (Phi) is 3.13. The first-order valence-electron chi connectivity index (χ1n) is 11.2. The fourth-order valence-electron chi connectivity index (χ4n) is 2.79. The molecular formula is C19H21N5O4. The summed E-state index contributed by atoms with van der Waals surface area (Å²) in [5, 5.41) is 0.309. The lowest BCUT2D eigenvalue weighted by Crippen LogP contribution is -2.49. The Bertz CT molecular complexity index is 1210. The molecule has 4 rings (SSSR count). The van der Waals surface area contributed by atoms with Gasteiger partial charge in [-0.1, -0.05) is 0 Å². The lowest BCUT2D eigenvalue weighted by molar-refractivity contribution is 0.0714. The number of fused-ring (bicyclic) bond motifs is 1. The summed E-state index contributed by atoms with van der Waals surface area (Å²) in [6, 6.07) is 5.82. The van der Waals surface area contributed by atoms with Crippen LogP contribution in [0.1, 0.15) is 16.0 Å². The number of carbonyl (C=O) groups is 1. The number of furan rings is 1. The highest BCUT2D eigenvalue weighted by atomic mass is 16.5. The number of aromatic nitrogens is 2. The van der Waals surface area contributed by atoms with E-state index in [1.165, 1.54) is 49.6 Å². The Morgan fingerprint density at radius 3 is 2.64 bits per heavy atom. The molecule has 1 aliphatic rings. The molecule has 1 aliphatic heterocycles. The van der Waals surface area contributed by atoms with Crippen molar-refractivity contribution < 1.29 is 27.0 Å². The summed E-state index contributed by atoms with van der Waals surface area (Å²) in [7, 11) is 2.87. The second-order valence-corrected chi connectivity index (χ2v) is 5.86. The van der Waals surface area contributed by atoms with Gasteiger partial charge >= 0.3 is 0 Å². The second-order valence-electron chi connectivity index (χ2n) is 5.86. The normalized spacial score (nSPS) is 20.9. The van der Waals surface area contributed by atoms with Crippen molar-refractivity contribution in [2.45, 2.75) is 0 Å². The van der Waals surface area contributed by atoms with Gasteiger partial charge in [-0.25, -0.2) is 4.98 Å². The minimum absolute atomic E-state index is 0.114. The average molecular weight is 389 g/mol. The summed E-state index contributed by atoms with van der Waals surface area (Å²) in [4.78, 5) is 23.2. The van der Waals surface area contributed by atoms with Crippen LogP contribution in [0.4, 0.5) is 11.8 Å². The monoisotopic (exact) mass is 389 g/mol. The molecule has 1 amide bonds. The summed E-state index contributed by atoms with van der Waals surface area (Å²) >= 11 is 0. The number of methoxy groups -OCH3 is 2. The highest BCUT2D eigenvalue weighted by Gasteiger charge is 2.25. The van der Waals surface area contributed by atoms with E-state index >= 15 is 0 Å². The molecule has 0 atom stereocenters. The Morgan fingerprint density at radius 1 is 1.25 bits per heavy atom. The number of ether oxygens (including phenoxy) is 2. The number of amides is 1. The Labute approximate surface area is 170 Å². The largest absolute Gasteiger partial charge is 0.493 e. The molecule has 1 aromatic carbocycles. The maximum absolute atomic E-state index is 12.8. The predicted octanol–water partition coefficient (Wildman–Crippen LogP) is 1.78. The topological polar surface area (TPSA) is 107 Å².